The van der Waals surface area contributed by atoms with Crippen LogP contribution in [0.25, 0.3) is 0 Å². The molecule has 0 bridgehead atoms. The molecule has 1 aliphatic heterocycles. The van der Waals surface area contributed by atoms with Gasteiger partial charge in [-0.2, -0.15) is 0 Å². The molecule has 1 aliphatic carbocycles. The number of likely N-dealkylation sites (tertiary alicyclic amines) is 1. The standard InChI is InChI=1S/C13H15NO/c15-13-6-3-7-14(13)12-8-10-4-1-2-5-11(10)9-12/h1-2,4-5,12H,3,6-9H2. The monoisotopic (exact) mass is 201 g/mol. The molecule has 15 heavy (non-hydrogen) atoms. The van der Waals surface area contributed by atoms with Gasteiger partial charge >= 0.3 is 0 Å². The van der Waals surface area contributed by atoms with E-state index in [0.29, 0.717) is 11.9 Å². The first-order valence-electron chi connectivity index (χ1n) is 5.71. The maximum atomic E-state index is 11.6. The number of amides is 1. The van der Waals surface area contributed by atoms with Crippen molar-refractivity contribution in [1.29, 1.82) is 0 Å². The maximum Gasteiger partial charge on any atom is 0.222 e. The molecule has 1 heterocycles. The van der Waals surface area contributed by atoms with Gasteiger partial charge in [0.25, 0.3) is 0 Å². The van der Waals surface area contributed by atoms with Crippen LogP contribution in [0.1, 0.15) is 24.0 Å². The Bertz CT molecular complexity index is 374. The lowest BCUT2D eigenvalue weighted by Crippen LogP contribution is -2.36. The van der Waals surface area contributed by atoms with Crippen molar-refractivity contribution in [2.45, 2.75) is 31.7 Å². The second-order valence-electron chi connectivity index (χ2n) is 4.52. The van der Waals surface area contributed by atoms with Crippen molar-refractivity contribution < 1.29 is 4.79 Å². The molecule has 78 valence electrons. The zero-order valence-electron chi connectivity index (χ0n) is 8.78. The summed E-state index contributed by atoms with van der Waals surface area (Å²) in [5.41, 5.74) is 2.87. The number of rotatable bonds is 1. The molecular formula is C13H15NO. The summed E-state index contributed by atoms with van der Waals surface area (Å²) < 4.78 is 0. The van der Waals surface area contributed by atoms with Crippen LogP contribution in [0.3, 0.4) is 0 Å². The van der Waals surface area contributed by atoms with Crippen molar-refractivity contribution >= 4 is 5.91 Å². The van der Waals surface area contributed by atoms with Gasteiger partial charge in [-0.05, 0) is 30.4 Å². The smallest absolute Gasteiger partial charge is 0.222 e. The molecule has 0 spiro atoms. The molecular weight excluding hydrogens is 186 g/mol. The summed E-state index contributed by atoms with van der Waals surface area (Å²) in [7, 11) is 0. The fourth-order valence-electron chi connectivity index (χ4n) is 2.81. The largest absolute Gasteiger partial charge is 0.339 e. The Morgan fingerprint density at radius 1 is 1.13 bits per heavy atom. The van der Waals surface area contributed by atoms with E-state index >= 15 is 0 Å². The number of benzene rings is 1. The van der Waals surface area contributed by atoms with E-state index in [1.54, 1.807) is 0 Å². The van der Waals surface area contributed by atoms with Crippen molar-refractivity contribution in [3.8, 4) is 0 Å². The highest BCUT2D eigenvalue weighted by Gasteiger charge is 2.31. The van der Waals surface area contributed by atoms with Gasteiger partial charge in [0.1, 0.15) is 0 Å². The van der Waals surface area contributed by atoms with E-state index in [1.165, 1.54) is 11.1 Å². The third-order valence-corrected chi connectivity index (χ3v) is 3.58. The van der Waals surface area contributed by atoms with Crippen LogP contribution in [0.15, 0.2) is 24.3 Å². The Balaban J connectivity index is 1.81. The maximum absolute atomic E-state index is 11.6. The van der Waals surface area contributed by atoms with Gasteiger partial charge in [0, 0.05) is 19.0 Å². The molecule has 1 aromatic carbocycles. The summed E-state index contributed by atoms with van der Waals surface area (Å²) in [6.45, 7) is 0.970. The van der Waals surface area contributed by atoms with Crippen LogP contribution in [0.4, 0.5) is 0 Å². The van der Waals surface area contributed by atoms with Crippen LogP contribution < -0.4 is 0 Å². The van der Waals surface area contributed by atoms with Gasteiger partial charge < -0.3 is 4.90 Å². The lowest BCUT2D eigenvalue weighted by molar-refractivity contribution is -0.129. The number of hydrogen-bond donors (Lipinski definition) is 0. The van der Waals surface area contributed by atoms with Gasteiger partial charge in [-0.3, -0.25) is 4.79 Å². The molecule has 1 saturated heterocycles. The Kier molecular flexibility index (Phi) is 2.01. The normalized spacial score (nSPS) is 21.1. The summed E-state index contributed by atoms with van der Waals surface area (Å²) >= 11 is 0. The second-order valence-corrected chi connectivity index (χ2v) is 4.52. The van der Waals surface area contributed by atoms with Crippen molar-refractivity contribution in [1.82, 2.24) is 4.90 Å². The first-order valence-corrected chi connectivity index (χ1v) is 5.71. The summed E-state index contributed by atoms with van der Waals surface area (Å²) in [6.07, 6.45) is 3.92. The van der Waals surface area contributed by atoms with Crippen LogP contribution in [0, 0.1) is 0 Å². The third kappa shape index (κ3) is 1.44. The zero-order chi connectivity index (χ0) is 10.3. The SMILES string of the molecule is O=C1CCCN1C1Cc2ccccc2C1. The number of carbonyl (C=O) groups is 1. The van der Waals surface area contributed by atoms with Crippen molar-refractivity contribution in [3.05, 3.63) is 35.4 Å². The van der Waals surface area contributed by atoms with Gasteiger partial charge in [-0.1, -0.05) is 24.3 Å². The molecule has 2 aliphatic rings. The molecule has 0 aromatic heterocycles. The van der Waals surface area contributed by atoms with Gasteiger partial charge in [-0.25, -0.2) is 0 Å². The highest BCUT2D eigenvalue weighted by molar-refractivity contribution is 5.78. The lowest BCUT2D eigenvalue weighted by atomic mass is 10.1. The minimum absolute atomic E-state index is 0.354. The highest BCUT2D eigenvalue weighted by atomic mass is 16.2. The topological polar surface area (TPSA) is 20.3 Å². The average molecular weight is 201 g/mol. The Hall–Kier alpha value is -1.31. The molecule has 1 amide bonds. The third-order valence-electron chi connectivity index (χ3n) is 3.58. The summed E-state index contributed by atoms with van der Waals surface area (Å²) in [5, 5.41) is 0. The van der Waals surface area contributed by atoms with E-state index in [0.717, 1.165) is 32.2 Å². The van der Waals surface area contributed by atoms with E-state index < -0.39 is 0 Å². The summed E-state index contributed by atoms with van der Waals surface area (Å²) in [6, 6.07) is 9.00. The second kappa shape index (κ2) is 3.37. The fraction of sp³-hybridized carbons (Fsp3) is 0.462. The molecule has 0 atom stereocenters. The highest BCUT2D eigenvalue weighted by Crippen LogP contribution is 2.27. The number of nitrogens with zero attached hydrogens (tertiary/aromatic N) is 1. The van der Waals surface area contributed by atoms with Gasteiger partial charge in [-0.15, -0.1) is 0 Å². The molecule has 0 N–H and O–H groups in total. The minimum Gasteiger partial charge on any atom is -0.339 e. The Morgan fingerprint density at radius 2 is 1.80 bits per heavy atom. The fourth-order valence-corrected chi connectivity index (χ4v) is 2.81. The lowest BCUT2D eigenvalue weighted by Gasteiger charge is -2.23. The molecule has 1 aromatic rings. The number of carbonyl (C=O) groups excluding carboxylic acids is 1. The first-order chi connectivity index (χ1) is 7.34. The molecule has 0 radical (unpaired) electrons. The summed E-state index contributed by atoms with van der Waals surface area (Å²) in [5.74, 6) is 0.354. The van der Waals surface area contributed by atoms with E-state index in [1.807, 2.05) is 0 Å². The van der Waals surface area contributed by atoms with Crippen LogP contribution in [-0.4, -0.2) is 23.4 Å². The average Bonchev–Trinajstić information content (AvgIpc) is 2.82. The first kappa shape index (κ1) is 8.96. The molecule has 0 saturated carbocycles. The van der Waals surface area contributed by atoms with E-state index in [4.69, 9.17) is 0 Å². The van der Waals surface area contributed by atoms with Crippen molar-refractivity contribution in [2.24, 2.45) is 0 Å². The zero-order valence-corrected chi connectivity index (χ0v) is 8.78. The predicted octanol–water partition coefficient (Wildman–Crippen LogP) is 1.78. The quantitative estimate of drug-likeness (QED) is 0.678. The van der Waals surface area contributed by atoms with Crippen molar-refractivity contribution in [3.63, 3.8) is 0 Å². The van der Waals surface area contributed by atoms with Gasteiger partial charge in [0.05, 0.1) is 0 Å². The van der Waals surface area contributed by atoms with Gasteiger partial charge in [0.15, 0.2) is 0 Å². The molecule has 2 nitrogen and oxygen atoms in total. The molecule has 2 heteroatoms. The van der Waals surface area contributed by atoms with E-state index in [2.05, 4.69) is 29.2 Å². The van der Waals surface area contributed by atoms with Crippen LogP contribution >= 0.6 is 0 Å². The Labute approximate surface area is 89.9 Å². The van der Waals surface area contributed by atoms with Gasteiger partial charge in [0.2, 0.25) is 5.91 Å². The predicted molar refractivity (Wildman–Crippen MR) is 58.6 cm³/mol. The minimum atomic E-state index is 0.354. The number of hydrogen-bond acceptors (Lipinski definition) is 1. The summed E-state index contributed by atoms with van der Waals surface area (Å²) in [4.78, 5) is 13.7. The molecule has 1 fully saturated rings. The van der Waals surface area contributed by atoms with Crippen molar-refractivity contribution in [2.75, 3.05) is 6.54 Å². The van der Waals surface area contributed by atoms with Crippen LogP contribution in [0.2, 0.25) is 0 Å². The van der Waals surface area contributed by atoms with Crippen LogP contribution in [-0.2, 0) is 17.6 Å². The molecule has 3 rings (SSSR count). The Morgan fingerprint density at radius 3 is 2.33 bits per heavy atom. The number of fused-ring (bicyclic) bond motifs is 1. The van der Waals surface area contributed by atoms with Crippen LogP contribution in [0.5, 0.6) is 0 Å². The molecule has 0 unspecified atom stereocenters. The van der Waals surface area contributed by atoms with E-state index in [-0.39, 0.29) is 0 Å². The van der Waals surface area contributed by atoms with E-state index in [9.17, 15) is 4.79 Å².